The Hall–Kier alpha value is -3.37. The van der Waals surface area contributed by atoms with Crippen molar-refractivity contribution in [2.75, 3.05) is 23.0 Å². The highest BCUT2D eigenvalue weighted by atomic mass is 32.2. The molecule has 0 amide bonds. The van der Waals surface area contributed by atoms with Crippen molar-refractivity contribution in [2.24, 2.45) is 21.1 Å². The molecule has 2 aromatic heterocycles. The number of allylic oxidation sites excluding steroid dienone is 1. The summed E-state index contributed by atoms with van der Waals surface area (Å²) in [6.07, 6.45) is 5.07. The molecule has 4 heterocycles. The Morgan fingerprint density at radius 1 is 1.05 bits per heavy atom. The van der Waals surface area contributed by atoms with Crippen molar-refractivity contribution >= 4 is 39.2 Å². The Morgan fingerprint density at radius 2 is 1.87 bits per heavy atom. The van der Waals surface area contributed by atoms with Crippen LogP contribution >= 0.6 is 0 Å². The molecule has 10 heteroatoms. The van der Waals surface area contributed by atoms with Crippen LogP contribution in [-0.4, -0.2) is 41.5 Å². The number of rotatable bonds is 4. The highest BCUT2D eigenvalue weighted by Gasteiger charge is 2.27. The van der Waals surface area contributed by atoms with Gasteiger partial charge in [-0.25, -0.2) is 13.6 Å². The monoisotopic (exact) mass is 537 g/mol. The van der Waals surface area contributed by atoms with Crippen LogP contribution in [0.4, 0.5) is 20.2 Å². The molecule has 0 fully saturated rings. The zero-order chi connectivity index (χ0) is 26.7. The van der Waals surface area contributed by atoms with Crippen LogP contribution < -0.4 is 10.6 Å². The van der Waals surface area contributed by atoms with Crippen molar-refractivity contribution < 1.29 is 13.3 Å². The summed E-state index contributed by atoms with van der Waals surface area (Å²) < 4.78 is 45.6. The van der Waals surface area contributed by atoms with E-state index in [-0.39, 0.29) is 11.3 Å². The van der Waals surface area contributed by atoms with E-state index in [1.807, 2.05) is 18.2 Å². The van der Waals surface area contributed by atoms with Crippen LogP contribution in [0.2, 0.25) is 0 Å². The Balaban J connectivity index is 1.54. The number of aryl methyl sites for hydroxylation is 4. The molecule has 38 heavy (non-hydrogen) atoms. The maximum Gasteiger partial charge on any atom is 0.328 e. The third-order valence-corrected chi connectivity index (χ3v) is 8.94. The van der Waals surface area contributed by atoms with E-state index in [0.29, 0.717) is 35.6 Å². The van der Waals surface area contributed by atoms with Gasteiger partial charge in [-0.15, -0.1) is 0 Å². The molecular weight excluding hydrogens is 508 g/mol. The molecule has 0 saturated heterocycles. The van der Waals surface area contributed by atoms with Crippen molar-refractivity contribution in [3.63, 3.8) is 0 Å². The van der Waals surface area contributed by atoms with Crippen LogP contribution in [0.15, 0.2) is 47.5 Å². The minimum absolute atomic E-state index is 0.0190. The lowest BCUT2D eigenvalue weighted by atomic mass is 9.92. The lowest BCUT2D eigenvalue weighted by Crippen LogP contribution is -2.25. The molecule has 2 aliphatic rings. The first kappa shape index (κ1) is 24.9. The molecular formula is C28H29F2N5O2S. The number of fused-ring (bicyclic) bond motifs is 2. The molecule has 2 aliphatic heterocycles. The molecule has 0 aliphatic carbocycles. The van der Waals surface area contributed by atoms with Gasteiger partial charge in [0, 0.05) is 68.4 Å². The Bertz CT molecular complexity index is 1650. The fraction of sp³-hybridized carbons (Fsp3) is 0.357. The van der Waals surface area contributed by atoms with Crippen molar-refractivity contribution in [3.05, 3.63) is 69.9 Å². The number of anilines is 2. The van der Waals surface area contributed by atoms with Crippen LogP contribution in [-0.2, 0) is 38.7 Å². The van der Waals surface area contributed by atoms with Gasteiger partial charge in [-0.2, -0.15) is 5.10 Å². The van der Waals surface area contributed by atoms with E-state index in [0.717, 1.165) is 51.9 Å². The predicted octanol–water partition coefficient (Wildman–Crippen LogP) is 4.84. The highest BCUT2D eigenvalue weighted by Crippen LogP contribution is 2.43. The molecule has 0 bridgehead atoms. The predicted molar refractivity (Wildman–Crippen MR) is 148 cm³/mol. The quantitative estimate of drug-likeness (QED) is 0.350. The maximum absolute atomic E-state index is 14.3. The van der Waals surface area contributed by atoms with E-state index in [9.17, 15) is 18.1 Å². The van der Waals surface area contributed by atoms with Gasteiger partial charge in [-0.05, 0) is 71.1 Å². The van der Waals surface area contributed by atoms with Crippen molar-refractivity contribution in [1.82, 2.24) is 18.9 Å². The SMILES string of the molecule is Cn1cc(-c2cc3c(cc2C(F)F)N(c2cc(C4=CC[S+]([O-])CC4)c4c(c2)n(C)c(=O)n4C)CCC3)cn1. The van der Waals surface area contributed by atoms with Crippen LogP contribution in [0, 0.1) is 0 Å². The number of imidazole rings is 1. The van der Waals surface area contributed by atoms with Crippen molar-refractivity contribution in [2.45, 2.75) is 25.7 Å². The number of nitrogens with zero attached hydrogens (tertiary/aromatic N) is 5. The van der Waals surface area contributed by atoms with E-state index in [1.54, 1.807) is 53.4 Å². The molecule has 6 rings (SSSR count). The van der Waals surface area contributed by atoms with Gasteiger partial charge >= 0.3 is 5.69 Å². The molecule has 1 unspecified atom stereocenters. The summed E-state index contributed by atoms with van der Waals surface area (Å²) >= 11 is -0.874. The summed E-state index contributed by atoms with van der Waals surface area (Å²) in [4.78, 5) is 15.0. The number of benzene rings is 2. The molecule has 0 saturated carbocycles. The first-order chi connectivity index (χ1) is 18.2. The van der Waals surface area contributed by atoms with Crippen molar-refractivity contribution in [3.8, 4) is 11.1 Å². The summed E-state index contributed by atoms with van der Waals surface area (Å²) in [5.41, 5.74) is 7.29. The lowest BCUT2D eigenvalue weighted by Gasteiger charge is -2.33. The zero-order valence-electron chi connectivity index (χ0n) is 21.6. The van der Waals surface area contributed by atoms with Gasteiger partial charge in [0.25, 0.3) is 6.43 Å². The average molecular weight is 538 g/mol. The minimum atomic E-state index is -2.64. The van der Waals surface area contributed by atoms with E-state index < -0.39 is 17.6 Å². The van der Waals surface area contributed by atoms with Crippen LogP contribution in [0.3, 0.4) is 0 Å². The lowest BCUT2D eigenvalue weighted by molar-refractivity contribution is 0.152. The zero-order valence-corrected chi connectivity index (χ0v) is 22.4. The smallest absolute Gasteiger partial charge is 0.328 e. The summed E-state index contributed by atoms with van der Waals surface area (Å²) in [5, 5.41) is 4.18. The highest BCUT2D eigenvalue weighted by molar-refractivity contribution is 7.91. The van der Waals surface area contributed by atoms with Crippen LogP contribution in [0.5, 0.6) is 0 Å². The number of alkyl halides is 2. The molecule has 2 aromatic carbocycles. The summed E-state index contributed by atoms with van der Waals surface area (Å²) in [5.74, 6) is 1.07. The molecule has 1 atom stereocenters. The Labute approximate surface area is 222 Å². The Kier molecular flexibility index (Phi) is 6.19. The molecule has 0 N–H and O–H groups in total. The van der Waals surface area contributed by atoms with Crippen LogP contribution in [0.25, 0.3) is 27.7 Å². The minimum Gasteiger partial charge on any atom is -0.616 e. The molecule has 0 spiro atoms. The third-order valence-electron chi connectivity index (χ3n) is 7.74. The van der Waals surface area contributed by atoms with Gasteiger partial charge in [0.1, 0.15) is 11.5 Å². The average Bonchev–Trinajstić information content (AvgIpc) is 3.44. The van der Waals surface area contributed by atoms with Gasteiger partial charge in [-0.1, -0.05) is 0 Å². The van der Waals surface area contributed by atoms with Gasteiger partial charge in [0.15, 0.2) is 0 Å². The molecule has 4 aromatic rings. The normalized spacial score (nSPS) is 17.8. The topological polar surface area (TPSA) is 71.0 Å². The maximum atomic E-state index is 14.3. The van der Waals surface area contributed by atoms with E-state index in [1.165, 1.54) is 0 Å². The van der Waals surface area contributed by atoms with Gasteiger partial charge in [0.05, 0.1) is 17.2 Å². The number of aromatic nitrogens is 4. The van der Waals surface area contributed by atoms with Gasteiger partial charge in [0.2, 0.25) is 0 Å². The number of halogens is 2. The van der Waals surface area contributed by atoms with E-state index in [2.05, 4.69) is 16.1 Å². The third kappa shape index (κ3) is 4.06. The standard InChI is InChI=1S/C28H29F2N5O2S/c1-32-16-19(15-31-32)21-11-18-5-4-8-35(24(18)14-23(21)27(29)30)20-12-22(17-6-9-38(37)10-7-17)26-25(13-20)33(2)28(36)34(26)3/h6,11-16,27H,4-5,7-10H2,1-3H3. The molecule has 0 radical (unpaired) electrons. The van der Waals surface area contributed by atoms with Gasteiger partial charge in [-0.3, -0.25) is 13.8 Å². The first-order valence-corrected chi connectivity index (χ1v) is 14.2. The fourth-order valence-corrected chi connectivity index (χ4v) is 6.79. The number of hydrogen-bond donors (Lipinski definition) is 0. The summed E-state index contributed by atoms with van der Waals surface area (Å²) in [7, 11) is 5.29. The van der Waals surface area contributed by atoms with Gasteiger partial charge < -0.3 is 9.45 Å². The second kappa shape index (κ2) is 9.43. The molecule has 7 nitrogen and oxygen atoms in total. The van der Waals surface area contributed by atoms with Crippen LogP contribution in [0.1, 0.15) is 36.0 Å². The first-order valence-electron chi connectivity index (χ1n) is 12.7. The van der Waals surface area contributed by atoms with Crippen molar-refractivity contribution in [1.29, 1.82) is 0 Å². The second-order valence-electron chi connectivity index (χ2n) is 10.1. The molecule has 198 valence electrons. The Morgan fingerprint density at radius 3 is 2.55 bits per heavy atom. The summed E-state index contributed by atoms with van der Waals surface area (Å²) in [6, 6.07) is 7.55. The largest absolute Gasteiger partial charge is 0.616 e. The summed E-state index contributed by atoms with van der Waals surface area (Å²) in [6.45, 7) is 0.677. The van der Waals surface area contributed by atoms with E-state index in [4.69, 9.17) is 0 Å². The second-order valence-corrected chi connectivity index (χ2v) is 11.7. The number of hydrogen-bond acceptors (Lipinski definition) is 4. The van der Waals surface area contributed by atoms with E-state index >= 15 is 0 Å². The fourth-order valence-electron chi connectivity index (χ4n) is 5.79.